The normalized spacial score (nSPS) is 10.6. The van der Waals surface area contributed by atoms with Crippen molar-refractivity contribution in [1.29, 1.82) is 0 Å². The predicted octanol–water partition coefficient (Wildman–Crippen LogP) is 2.28. The van der Waals surface area contributed by atoms with Gasteiger partial charge >= 0.3 is 5.97 Å². The van der Waals surface area contributed by atoms with Crippen molar-refractivity contribution in [3.8, 4) is 5.75 Å². The van der Waals surface area contributed by atoms with Crippen molar-refractivity contribution in [2.24, 2.45) is 0 Å². The Kier molecular flexibility index (Phi) is 4.69. The number of aromatic nitrogens is 1. The fourth-order valence-electron chi connectivity index (χ4n) is 1.55. The molecule has 0 aromatic carbocycles. The highest BCUT2D eigenvalue weighted by Gasteiger charge is 2.07. The van der Waals surface area contributed by atoms with Gasteiger partial charge in [0.2, 0.25) is 0 Å². The van der Waals surface area contributed by atoms with Gasteiger partial charge in [-0.2, -0.15) is 0 Å². The van der Waals surface area contributed by atoms with Crippen LogP contribution >= 0.6 is 0 Å². The molecule has 1 rings (SSSR count). The topological polar surface area (TPSA) is 48.4 Å². The van der Waals surface area contributed by atoms with E-state index in [1.54, 1.807) is 26.3 Å². The number of methoxy groups -OCH3 is 1. The van der Waals surface area contributed by atoms with Crippen LogP contribution in [0.25, 0.3) is 6.08 Å². The molecule has 1 aromatic rings. The first-order valence-corrected chi connectivity index (χ1v) is 5.45. The lowest BCUT2D eigenvalue weighted by Crippen LogP contribution is -2.00. The average Bonchev–Trinajstić information content (AvgIpc) is 2.29. The molecular weight excluding hydrogens is 218 g/mol. The third kappa shape index (κ3) is 3.31. The fraction of sp³-hybridized carbons (Fsp3) is 0.385. The molecule has 0 saturated carbocycles. The summed E-state index contributed by atoms with van der Waals surface area (Å²) in [5.74, 6) is 0.428. The van der Waals surface area contributed by atoms with Crippen LogP contribution in [0.1, 0.15) is 23.7 Å². The van der Waals surface area contributed by atoms with E-state index < -0.39 is 0 Å². The van der Waals surface area contributed by atoms with E-state index in [-0.39, 0.29) is 5.97 Å². The number of rotatable bonds is 4. The smallest absolute Gasteiger partial charge is 0.330 e. The number of hydrogen-bond acceptors (Lipinski definition) is 4. The Bertz CT molecular complexity index is 439. The van der Waals surface area contributed by atoms with Crippen molar-refractivity contribution in [3.63, 3.8) is 0 Å². The molecular formula is C13H17NO3. The summed E-state index contributed by atoms with van der Waals surface area (Å²) in [5.41, 5.74) is 2.59. The maximum absolute atomic E-state index is 11.2. The summed E-state index contributed by atoms with van der Waals surface area (Å²) < 4.78 is 10.1. The summed E-state index contributed by atoms with van der Waals surface area (Å²) in [5, 5.41) is 0. The summed E-state index contributed by atoms with van der Waals surface area (Å²) in [6.07, 6.45) is 4.72. The second-order valence-electron chi connectivity index (χ2n) is 3.57. The summed E-state index contributed by atoms with van der Waals surface area (Å²) in [6, 6.07) is 0. The molecule has 0 aliphatic rings. The van der Waals surface area contributed by atoms with Gasteiger partial charge in [0.15, 0.2) is 0 Å². The maximum atomic E-state index is 11.2. The van der Waals surface area contributed by atoms with Gasteiger partial charge in [-0.3, -0.25) is 4.98 Å². The molecule has 0 bridgehead atoms. The number of hydrogen-bond donors (Lipinski definition) is 0. The van der Waals surface area contributed by atoms with Crippen molar-refractivity contribution in [2.75, 3.05) is 13.7 Å². The van der Waals surface area contributed by atoms with Gasteiger partial charge in [-0.1, -0.05) is 0 Å². The van der Waals surface area contributed by atoms with Gasteiger partial charge in [0, 0.05) is 23.4 Å². The standard InChI is InChI=1S/C13H17NO3/c1-5-17-12(15)7-6-11-10(3)13(16-4)9(2)8-14-11/h6-8H,5H2,1-4H3. The lowest BCUT2D eigenvalue weighted by atomic mass is 10.1. The lowest BCUT2D eigenvalue weighted by Gasteiger charge is -2.09. The van der Waals surface area contributed by atoms with Crippen LogP contribution in [0, 0.1) is 13.8 Å². The number of nitrogens with zero attached hydrogens (tertiary/aromatic N) is 1. The van der Waals surface area contributed by atoms with E-state index >= 15 is 0 Å². The molecule has 0 unspecified atom stereocenters. The van der Waals surface area contributed by atoms with Gasteiger partial charge < -0.3 is 9.47 Å². The van der Waals surface area contributed by atoms with E-state index in [2.05, 4.69) is 4.98 Å². The van der Waals surface area contributed by atoms with Crippen LogP contribution < -0.4 is 4.74 Å². The molecule has 0 radical (unpaired) electrons. The molecule has 0 spiro atoms. The number of carbonyl (C=O) groups is 1. The number of pyridine rings is 1. The highest BCUT2D eigenvalue weighted by atomic mass is 16.5. The molecule has 0 aliphatic heterocycles. The molecule has 0 N–H and O–H groups in total. The minimum absolute atomic E-state index is 0.367. The zero-order valence-electron chi connectivity index (χ0n) is 10.6. The first-order chi connectivity index (χ1) is 8.10. The molecule has 0 fully saturated rings. The number of esters is 1. The Labute approximate surface area is 101 Å². The van der Waals surface area contributed by atoms with Gasteiger partial charge in [0.05, 0.1) is 19.4 Å². The molecule has 4 nitrogen and oxygen atoms in total. The van der Waals surface area contributed by atoms with Crippen LogP contribution in [-0.2, 0) is 9.53 Å². The monoisotopic (exact) mass is 235 g/mol. The van der Waals surface area contributed by atoms with E-state index in [1.165, 1.54) is 6.08 Å². The Morgan fingerprint density at radius 2 is 2.18 bits per heavy atom. The molecule has 92 valence electrons. The van der Waals surface area contributed by atoms with E-state index in [9.17, 15) is 4.79 Å². The summed E-state index contributed by atoms with van der Waals surface area (Å²) in [4.78, 5) is 15.4. The van der Waals surface area contributed by atoms with Gasteiger partial charge in [0.1, 0.15) is 5.75 Å². The largest absolute Gasteiger partial charge is 0.496 e. The van der Waals surface area contributed by atoms with E-state index in [1.807, 2.05) is 13.8 Å². The summed E-state index contributed by atoms with van der Waals surface area (Å²) in [6.45, 7) is 5.97. The average molecular weight is 235 g/mol. The van der Waals surface area contributed by atoms with Gasteiger partial charge in [-0.15, -0.1) is 0 Å². The van der Waals surface area contributed by atoms with Crippen LogP contribution in [0.3, 0.4) is 0 Å². The zero-order chi connectivity index (χ0) is 12.8. The van der Waals surface area contributed by atoms with Gasteiger partial charge in [0.25, 0.3) is 0 Å². The minimum atomic E-state index is -0.367. The second kappa shape index (κ2) is 6.03. The molecule has 0 amide bonds. The molecule has 17 heavy (non-hydrogen) atoms. The number of carbonyl (C=O) groups excluding carboxylic acids is 1. The molecule has 4 heteroatoms. The molecule has 1 aromatic heterocycles. The van der Waals surface area contributed by atoms with Crippen molar-refractivity contribution < 1.29 is 14.3 Å². The van der Waals surface area contributed by atoms with Crippen molar-refractivity contribution >= 4 is 12.0 Å². The molecule has 1 heterocycles. The molecule has 0 atom stereocenters. The first-order valence-electron chi connectivity index (χ1n) is 5.45. The third-order valence-corrected chi connectivity index (χ3v) is 2.35. The van der Waals surface area contributed by atoms with Crippen LogP contribution in [0.15, 0.2) is 12.3 Å². The van der Waals surface area contributed by atoms with Crippen molar-refractivity contribution in [2.45, 2.75) is 20.8 Å². The Morgan fingerprint density at radius 3 is 2.76 bits per heavy atom. The highest BCUT2D eigenvalue weighted by Crippen LogP contribution is 2.24. The van der Waals surface area contributed by atoms with Crippen LogP contribution in [0.5, 0.6) is 5.75 Å². The quantitative estimate of drug-likeness (QED) is 0.593. The SMILES string of the molecule is CCOC(=O)C=Cc1ncc(C)c(OC)c1C. The highest BCUT2D eigenvalue weighted by molar-refractivity contribution is 5.87. The lowest BCUT2D eigenvalue weighted by molar-refractivity contribution is -0.137. The predicted molar refractivity (Wildman–Crippen MR) is 65.9 cm³/mol. The summed E-state index contributed by atoms with van der Waals surface area (Å²) in [7, 11) is 1.62. The van der Waals surface area contributed by atoms with Crippen LogP contribution in [0.2, 0.25) is 0 Å². The van der Waals surface area contributed by atoms with Gasteiger partial charge in [-0.05, 0) is 26.8 Å². The van der Waals surface area contributed by atoms with Crippen LogP contribution in [0.4, 0.5) is 0 Å². The van der Waals surface area contributed by atoms with Crippen molar-refractivity contribution in [1.82, 2.24) is 4.98 Å². The van der Waals surface area contributed by atoms with Gasteiger partial charge in [-0.25, -0.2) is 4.79 Å². The van der Waals surface area contributed by atoms with E-state index in [4.69, 9.17) is 9.47 Å². The van der Waals surface area contributed by atoms with Crippen LogP contribution in [-0.4, -0.2) is 24.7 Å². The fourth-order valence-corrected chi connectivity index (χ4v) is 1.55. The zero-order valence-corrected chi connectivity index (χ0v) is 10.6. The second-order valence-corrected chi connectivity index (χ2v) is 3.57. The maximum Gasteiger partial charge on any atom is 0.330 e. The minimum Gasteiger partial charge on any atom is -0.496 e. The molecule has 0 saturated heterocycles. The molecule has 0 aliphatic carbocycles. The Morgan fingerprint density at radius 1 is 1.47 bits per heavy atom. The number of aryl methyl sites for hydroxylation is 1. The Balaban J connectivity index is 2.96. The van der Waals surface area contributed by atoms with Crippen molar-refractivity contribution in [3.05, 3.63) is 29.1 Å². The number of ether oxygens (including phenoxy) is 2. The Hall–Kier alpha value is -1.84. The third-order valence-electron chi connectivity index (χ3n) is 2.35. The van der Waals surface area contributed by atoms with E-state index in [0.29, 0.717) is 12.3 Å². The summed E-state index contributed by atoms with van der Waals surface area (Å²) >= 11 is 0. The van der Waals surface area contributed by atoms with E-state index in [0.717, 1.165) is 16.9 Å². The first kappa shape index (κ1) is 13.2.